The van der Waals surface area contributed by atoms with Crippen molar-refractivity contribution in [3.63, 3.8) is 0 Å². The van der Waals surface area contributed by atoms with Crippen LogP contribution in [0.4, 0.5) is 0 Å². The van der Waals surface area contributed by atoms with E-state index in [2.05, 4.69) is 15.9 Å². The van der Waals surface area contributed by atoms with Gasteiger partial charge < -0.3 is 4.74 Å². The molecule has 0 aromatic carbocycles. The Balaban J connectivity index is 2.06. The average Bonchev–Trinajstić information content (AvgIpc) is 2.86. The fourth-order valence-corrected chi connectivity index (χ4v) is 2.70. The highest BCUT2D eigenvalue weighted by molar-refractivity contribution is 5.80. The number of nitrogens with zero attached hydrogens (tertiary/aromatic N) is 2. The van der Waals surface area contributed by atoms with Crippen LogP contribution >= 0.6 is 0 Å². The Morgan fingerprint density at radius 2 is 2.24 bits per heavy atom. The molecule has 1 aliphatic carbocycles. The zero-order chi connectivity index (χ0) is 15.4. The van der Waals surface area contributed by atoms with Gasteiger partial charge in [-0.1, -0.05) is 6.08 Å². The molecule has 21 heavy (non-hydrogen) atoms. The van der Waals surface area contributed by atoms with E-state index in [1.165, 1.54) is 12.7 Å². The highest BCUT2D eigenvalue weighted by Crippen LogP contribution is 2.31. The number of ether oxygens (including phenoxy) is 1. The molecule has 1 aromatic heterocycles. The van der Waals surface area contributed by atoms with E-state index in [-0.39, 0.29) is 17.7 Å². The van der Waals surface area contributed by atoms with E-state index in [0.717, 1.165) is 30.5 Å². The lowest BCUT2D eigenvalue weighted by molar-refractivity contribution is -0.140. The molecular formula is C16H22N2O3. The number of aromatic nitrogens is 2. The van der Waals surface area contributed by atoms with Crippen molar-refractivity contribution < 1.29 is 14.3 Å². The van der Waals surface area contributed by atoms with Gasteiger partial charge in [0.2, 0.25) is 0 Å². The van der Waals surface area contributed by atoms with Gasteiger partial charge in [0.05, 0.1) is 25.8 Å². The summed E-state index contributed by atoms with van der Waals surface area (Å²) >= 11 is 0. The molecule has 0 radical (unpaired) electrons. The molecule has 0 aliphatic heterocycles. The third-order valence-electron chi connectivity index (χ3n) is 4.05. The summed E-state index contributed by atoms with van der Waals surface area (Å²) in [6.45, 7) is 4.17. The Kier molecular flexibility index (Phi) is 4.94. The van der Waals surface area contributed by atoms with Gasteiger partial charge in [0.25, 0.3) is 0 Å². The van der Waals surface area contributed by atoms with Gasteiger partial charge >= 0.3 is 5.97 Å². The lowest BCUT2D eigenvalue weighted by atomic mass is 9.85. The molecule has 1 unspecified atom stereocenters. The number of carbonyl (C=O) groups is 2. The standard InChI is InChI=1S/C16H22N2O3/c1-11-15(10-18(17-11)9-8-16(20)21-3)14-6-4-13(5-7-14)12(2)19/h6,10,13H,4-5,7-9H2,1-3H3. The van der Waals surface area contributed by atoms with Crippen molar-refractivity contribution in [3.8, 4) is 0 Å². The molecule has 0 saturated heterocycles. The van der Waals surface area contributed by atoms with Crippen molar-refractivity contribution in [2.75, 3.05) is 7.11 Å². The molecule has 5 nitrogen and oxygen atoms in total. The second-order valence-corrected chi connectivity index (χ2v) is 5.53. The van der Waals surface area contributed by atoms with Crippen molar-refractivity contribution in [3.05, 3.63) is 23.5 Å². The molecule has 0 N–H and O–H groups in total. The van der Waals surface area contributed by atoms with Gasteiger partial charge in [0, 0.05) is 17.7 Å². The van der Waals surface area contributed by atoms with Crippen LogP contribution in [0.25, 0.3) is 5.57 Å². The number of esters is 1. The van der Waals surface area contributed by atoms with Crippen LogP contribution in [0.15, 0.2) is 12.3 Å². The van der Waals surface area contributed by atoms with Gasteiger partial charge in [-0.25, -0.2) is 0 Å². The topological polar surface area (TPSA) is 61.2 Å². The highest BCUT2D eigenvalue weighted by Gasteiger charge is 2.20. The Labute approximate surface area is 125 Å². The number of aryl methyl sites for hydroxylation is 2. The van der Waals surface area contributed by atoms with E-state index >= 15 is 0 Å². The van der Waals surface area contributed by atoms with E-state index < -0.39 is 0 Å². The number of Topliss-reactive ketones (excluding diaryl/α,β-unsaturated/α-hetero) is 1. The third-order valence-corrected chi connectivity index (χ3v) is 4.05. The van der Waals surface area contributed by atoms with Crippen molar-refractivity contribution in [2.24, 2.45) is 5.92 Å². The Hall–Kier alpha value is -1.91. The first-order valence-electron chi connectivity index (χ1n) is 7.32. The molecule has 0 amide bonds. The van der Waals surface area contributed by atoms with Gasteiger partial charge in [0.1, 0.15) is 5.78 Å². The monoisotopic (exact) mass is 290 g/mol. The second-order valence-electron chi connectivity index (χ2n) is 5.53. The zero-order valence-electron chi connectivity index (χ0n) is 12.9. The lowest BCUT2D eigenvalue weighted by Gasteiger charge is -2.19. The summed E-state index contributed by atoms with van der Waals surface area (Å²) in [6, 6.07) is 0. The van der Waals surface area contributed by atoms with Crippen molar-refractivity contribution in [1.82, 2.24) is 9.78 Å². The lowest BCUT2D eigenvalue weighted by Crippen LogP contribution is -2.13. The molecular weight excluding hydrogens is 268 g/mol. The molecule has 114 valence electrons. The van der Waals surface area contributed by atoms with E-state index in [4.69, 9.17) is 0 Å². The molecule has 0 spiro atoms. The van der Waals surface area contributed by atoms with E-state index in [1.54, 1.807) is 11.6 Å². The SMILES string of the molecule is COC(=O)CCn1cc(C2=CCC(C(C)=O)CC2)c(C)n1. The van der Waals surface area contributed by atoms with Crippen LogP contribution in [0.1, 0.15) is 43.9 Å². The van der Waals surface area contributed by atoms with Crippen molar-refractivity contribution in [2.45, 2.75) is 46.1 Å². The maximum Gasteiger partial charge on any atom is 0.307 e. The predicted molar refractivity (Wildman–Crippen MR) is 79.6 cm³/mol. The number of allylic oxidation sites excluding steroid dienone is 2. The quantitative estimate of drug-likeness (QED) is 0.782. The predicted octanol–water partition coefficient (Wildman–Crippen LogP) is 2.53. The number of methoxy groups -OCH3 is 1. The van der Waals surface area contributed by atoms with Crippen LogP contribution in [0.5, 0.6) is 0 Å². The van der Waals surface area contributed by atoms with Gasteiger partial charge in [0.15, 0.2) is 0 Å². The molecule has 0 bridgehead atoms. The minimum absolute atomic E-state index is 0.170. The van der Waals surface area contributed by atoms with Crippen LogP contribution < -0.4 is 0 Å². The first kappa shape index (κ1) is 15.5. The van der Waals surface area contributed by atoms with Crippen molar-refractivity contribution >= 4 is 17.3 Å². The molecule has 1 aliphatic rings. The molecule has 1 atom stereocenters. The molecule has 1 aromatic rings. The molecule has 5 heteroatoms. The zero-order valence-corrected chi connectivity index (χ0v) is 12.9. The van der Waals surface area contributed by atoms with Crippen LogP contribution in [-0.2, 0) is 20.9 Å². The Bertz CT molecular complexity index is 572. The van der Waals surface area contributed by atoms with Crippen LogP contribution in [0.3, 0.4) is 0 Å². The van der Waals surface area contributed by atoms with Gasteiger partial charge in [-0.2, -0.15) is 5.10 Å². The van der Waals surface area contributed by atoms with E-state index in [0.29, 0.717) is 13.0 Å². The number of ketones is 1. The number of hydrogen-bond acceptors (Lipinski definition) is 4. The van der Waals surface area contributed by atoms with E-state index in [1.807, 2.05) is 13.1 Å². The maximum absolute atomic E-state index is 11.4. The number of carbonyl (C=O) groups excluding carboxylic acids is 2. The molecule has 0 fully saturated rings. The van der Waals surface area contributed by atoms with Gasteiger partial charge in [-0.05, 0) is 38.7 Å². The summed E-state index contributed by atoms with van der Waals surface area (Å²) in [5.74, 6) is 0.213. The summed E-state index contributed by atoms with van der Waals surface area (Å²) in [6.07, 6.45) is 7.10. The second kappa shape index (κ2) is 6.70. The summed E-state index contributed by atoms with van der Waals surface area (Å²) in [5.41, 5.74) is 3.35. The Morgan fingerprint density at radius 3 is 2.81 bits per heavy atom. The molecule has 1 heterocycles. The summed E-state index contributed by atoms with van der Waals surface area (Å²) in [4.78, 5) is 22.6. The average molecular weight is 290 g/mol. The normalized spacial score (nSPS) is 18.2. The van der Waals surface area contributed by atoms with Crippen molar-refractivity contribution in [1.29, 1.82) is 0 Å². The largest absolute Gasteiger partial charge is 0.469 e. The van der Waals surface area contributed by atoms with Gasteiger partial charge in [-0.3, -0.25) is 14.3 Å². The van der Waals surface area contributed by atoms with Crippen LogP contribution in [0, 0.1) is 12.8 Å². The smallest absolute Gasteiger partial charge is 0.307 e. The number of hydrogen-bond donors (Lipinski definition) is 0. The minimum Gasteiger partial charge on any atom is -0.469 e. The third kappa shape index (κ3) is 3.80. The van der Waals surface area contributed by atoms with E-state index in [9.17, 15) is 9.59 Å². The fraction of sp³-hybridized carbons (Fsp3) is 0.562. The first-order chi connectivity index (χ1) is 10.0. The fourth-order valence-electron chi connectivity index (χ4n) is 2.70. The minimum atomic E-state index is -0.231. The Morgan fingerprint density at radius 1 is 1.48 bits per heavy atom. The molecule has 0 saturated carbocycles. The van der Waals surface area contributed by atoms with Crippen LogP contribution in [-0.4, -0.2) is 28.6 Å². The highest BCUT2D eigenvalue weighted by atomic mass is 16.5. The summed E-state index contributed by atoms with van der Waals surface area (Å²) in [5, 5.41) is 4.45. The van der Waals surface area contributed by atoms with Gasteiger partial charge in [-0.15, -0.1) is 0 Å². The first-order valence-corrected chi connectivity index (χ1v) is 7.32. The molecule has 2 rings (SSSR count). The summed E-state index contributed by atoms with van der Waals surface area (Å²) < 4.78 is 6.43. The van der Waals surface area contributed by atoms with Crippen LogP contribution in [0.2, 0.25) is 0 Å². The summed E-state index contributed by atoms with van der Waals surface area (Å²) in [7, 11) is 1.39. The number of rotatable bonds is 5. The maximum atomic E-state index is 11.4.